The monoisotopic (exact) mass is 246 g/mol. The molecule has 4 heteroatoms. The van der Waals surface area contributed by atoms with E-state index in [0.717, 1.165) is 12.5 Å². The maximum Gasteiger partial charge on any atom is 0.126 e. The molecule has 0 N–H and O–H groups in total. The normalized spacial score (nSPS) is 30.4. The lowest BCUT2D eigenvalue weighted by Gasteiger charge is -2.36. The SMILES string of the molecule is CC1(c2cc(F)cc(F)c2)CC(Cl)CCO1. The Kier molecular flexibility index (Phi) is 3.17. The van der Waals surface area contributed by atoms with E-state index in [1.165, 1.54) is 12.1 Å². The number of hydrogen-bond donors (Lipinski definition) is 0. The van der Waals surface area contributed by atoms with Gasteiger partial charge < -0.3 is 4.74 Å². The lowest BCUT2D eigenvalue weighted by Crippen LogP contribution is -2.35. The summed E-state index contributed by atoms with van der Waals surface area (Å²) in [4.78, 5) is 0. The first-order valence-electron chi connectivity index (χ1n) is 5.24. The summed E-state index contributed by atoms with van der Waals surface area (Å²) in [6, 6.07) is 3.46. The summed E-state index contributed by atoms with van der Waals surface area (Å²) < 4.78 is 31.9. The number of benzene rings is 1. The van der Waals surface area contributed by atoms with Gasteiger partial charge in [-0.2, -0.15) is 0 Å². The smallest absolute Gasteiger partial charge is 0.126 e. The predicted molar refractivity (Wildman–Crippen MR) is 58.5 cm³/mol. The molecule has 2 atom stereocenters. The molecule has 0 spiro atoms. The molecule has 1 aromatic carbocycles. The predicted octanol–water partition coefficient (Wildman–Crippen LogP) is 3.60. The fraction of sp³-hybridized carbons (Fsp3) is 0.500. The minimum absolute atomic E-state index is 0.00919. The molecular formula is C12H13ClF2O. The van der Waals surface area contributed by atoms with E-state index < -0.39 is 17.2 Å². The standard InChI is InChI=1S/C12H13ClF2O/c1-12(7-9(13)2-3-16-12)8-4-10(14)6-11(15)5-8/h4-6,9H,2-3,7H2,1H3. The van der Waals surface area contributed by atoms with E-state index >= 15 is 0 Å². The number of halogens is 3. The third-order valence-electron chi connectivity index (χ3n) is 2.94. The molecule has 1 nitrogen and oxygen atoms in total. The fourth-order valence-corrected chi connectivity index (χ4v) is 2.44. The van der Waals surface area contributed by atoms with Crippen molar-refractivity contribution in [3.8, 4) is 0 Å². The number of hydrogen-bond acceptors (Lipinski definition) is 1. The zero-order chi connectivity index (χ0) is 11.8. The van der Waals surface area contributed by atoms with Crippen LogP contribution in [0.3, 0.4) is 0 Å². The molecule has 0 aliphatic carbocycles. The Bertz CT molecular complexity index is 376. The van der Waals surface area contributed by atoms with Crippen LogP contribution in [0, 0.1) is 11.6 Å². The second kappa shape index (κ2) is 4.30. The van der Waals surface area contributed by atoms with Gasteiger partial charge in [-0.1, -0.05) is 0 Å². The largest absolute Gasteiger partial charge is 0.370 e. The van der Waals surface area contributed by atoms with Crippen molar-refractivity contribution in [2.75, 3.05) is 6.61 Å². The van der Waals surface area contributed by atoms with Crippen molar-refractivity contribution in [2.24, 2.45) is 0 Å². The van der Waals surface area contributed by atoms with E-state index in [1.807, 2.05) is 6.92 Å². The first-order chi connectivity index (χ1) is 7.49. The van der Waals surface area contributed by atoms with E-state index in [2.05, 4.69) is 0 Å². The highest BCUT2D eigenvalue weighted by Crippen LogP contribution is 2.37. The van der Waals surface area contributed by atoms with Crippen molar-refractivity contribution < 1.29 is 13.5 Å². The van der Waals surface area contributed by atoms with E-state index in [-0.39, 0.29) is 5.38 Å². The Morgan fingerprint density at radius 3 is 2.50 bits per heavy atom. The van der Waals surface area contributed by atoms with Crippen LogP contribution in [0.5, 0.6) is 0 Å². The van der Waals surface area contributed by atoms with Crippen molar-refractivity contribution in [3.05, 3.63) is 35.4 Å². The van der Waals surface area contributed by atoms with E-state index in [0.29, 0.717) is 18.6 Å². The lowest BCUT2D eigenvalue weighted by molar-refractivity contribution is -0.0687. The maximum absolute atomic E-state index is 13.1. The molecule has 1 aromatic rings. The van der Waals surface area contributed by atoms with Crippen LogP contribution >= 0.6 is 11.6 Å². The number of rotatable bonds is 1. The Balaban J connectivity index is 2.34. The molecule has 0 bridgehead atoms. The Hall–Kier alpha value is -0.670. The van der Waals surface area contributed by atoms with Gasteiger partial charge in [0.1, 0.15) is 11.6 Å². The van der Waals surface area contributed by atoms with Gasteiger partial charge in [-0.25, -0.2) is 8.78 Å². The average Bonchev–Trinajstić information content (AvgIpc) is 2.15. The summed E-state index contributed by atoms with van der Waals surface area (Å²) in [6.07, 6.45) is 1.34. The summed E-state index contributed by atoms with van der Waals surface area (Å²) in [6.45, 7) is 2.33. The quantitative estimate of drug-likeness (QED) is 0.688. The minimum Gasteiger partial charge on any atom is -0.370 e. The van der Waals surface area contributed by atoms with Crippen molar-refractivity contribution in [2.45, 2.75) is 30.7 Å². The van der Waals surface area contributed by atoms with Crippen molar-refractivity contribution in [1.82, 2.24) is 0 Å². The molecule has 1 aliphatic heterocycles. The van der Waals surface area contributed by atoms with Crippen LogP contribution in [0.25, 0.3) is 0 Å². The molecule has 0 amide bonds. The highest BCUT2D eigenvalue weighted by molar-refractivity contribution is 6.20. The molecule has 1 aliphatic rings. The molecule has 0 radical (unpaired) electrons. The van der Waals surface area contributed by atoms with Crippen LogP contribution in [0.4, 0.5) is 8.78 Å². The summed E-state index contributed by atoms with van der Waals surface area (Å²) in [5.41, 5.74) is -0.177. The first-order valence-corrected chi connectivity index (χ1v) is 5.68. The molecule has 88 valence electrons. The Morgan fingerprint density at radius 2 is 1.94 bits per heavy atom. The Labute approximate surface area is 98.4 Å². The second-order valence-corrected chi connectivity index (χ2v) is 4.94. The van der Waals surface area contributed by atoms with Gasteiger partial charge in [0.2, 0.25) is 0 Å². The molecule has 1 fully saturated rings. The number of alkyl halides is 1. The molecule has 0 aromatic heterocycles. The average molecular weight is 247 g/mol. The highest BCUT2D eigenvalue weighted by Gasteiger charge is 2.34. The number of ether oxygens (including phenoxy) is 1. The van der Waals surface area contributed by atoms with Gasteiger partial charge >= 0.3 is 0 Å². The lowest BCUT2D eigenvalue weighted by atomic mass is 9.88. The van der Waals surface area contributed by atoms with Gasteiger partial charge in [0.25, 0.3) is 0 Å². The van der Waals surface area contributed by atoms with Crippen LogP contribution in [0.15, 0.2) is 18.2 Å². The highest BCUT2D eigenvalue weighted by atomic mass is 35.5. The minimum atomic E-state index is -0.687. The van der Waals surface area contributed by atoms with E-state index in [1.54, 1.807) is 0 Å². The van der Waals surface area contributed by atoms with Gasteiger partial charge in [0.15, 0.2) is 0 Å². The summed E-state index contributed by atoms with van der Waals surface area (Å²) in [5.74, 6) is -1.17. The summed E-state index contributed by atoms with van der Waals surface area (Å²) in [5, 5.41) is -0.00919. The van der Waals surface area contributed by atoms with Crippen molar-refractivity contribution in [1.29, 1.82) is 0 Å². The topological polar surface area (TPSA) is 9.23 Å². The molecule has 16 heavy (non-hydrogen) atoms. The van der Waals surface area contributed by atoms with Gasteiger partial charge in [-0.05, 0) is 37.5 Å². The fourth-order valence-electron chi connectivity index (χ4n) is 2.06. The van der Waals surface area contributed by atoms with Gasteiger partial charge in [-0.15, -0.1) is 11.6 Å². The van der Waals surface area contributed by atoms with Crippen LogP contribution in [0.2, 0.25) is 0 Å². The van der Waals surface area contributed by atoms with E-state index in [4.69, 9.17) is 16.3 Å². The summed E-state index contributed by atoms with van der Waals surface area (Å²) >= 11 is 6.06. The zero-order valence-electron chi connectivity index (χ0n) is 8.97. The third-order valence-corrected chi connectivity index (χ3v) is 3.31. The van der Waals surface area contributed by atoms with Crippen LogP contribution < -0.4 is 0 Å². The van der Waals surface area contributed by atoms with Crippen molar-refractivity contribution >= 4 is 11.6 Å². The molecular weight excluding hydrogens is 234 g/mol. The third kappa shape index (κ3) is 2.36. The summed E-state index contributed by atoms with van der Waals surface area (Å²) in [7, 11) is 0. The second-order valence-electron chi connectivity index (χ2n) is 4.33. The van der Waals surface area contributed by atoms with E-state index in [9.17, 15) is 8.78 Å². The molecule has 1 saturated heterocycles. The van der Waals surface area contributed by atoms with Crippen molar-refractivity contribution in [3.63, 3.8) is 0 Å². The van der Waals surface area contributed by atoms with Crippen LogP contribution in [-0.4, -0.2) is 12.0 Å². The molecule has 0 saturated carbocycles. The molecule has 2 rings (SSSR count). The zero-order valence-corrected chi connectivity index (χ0v) is 9.73. The molecule has 2 unspecified atom stereocenters. The Morgan fingerprint density at radius 1 is 1.31 bits per heavy atom. The maximum atomic E-state index is 13.1. The van der Waals surface area contributed by atoms with Crippen LogP contribution in [-0.2, 0) is 10.3 Å². The van der Waals surface area contributed by atoms with Crippen LogP contribution in [0.1, 0.15) is 25.3 Å². The van der Waals surface area contributed by atoms with Gasteiger partial charge in [-0.3, -0.25) is 0 Å². The first kappa shape index (κ1) is 11.8. The van der Waals surface area contributed by atoms with Gasteiger partial charge in [0.05, 0.1) is 5.60 Å². The van der Waals surface area contributed by atoms with Gasteiger partial charge in [0, 0.05) is 18.1 Å². The molecule has 1 heterocycles.